The number of nitrogens with zero attached hydrogens (tertiary/aromatic N) is 1. The van der Waals surface area contributed by atoms with E-state index in [1.54, 1.807) is 43.4 Å². The van der Waals surface area contributed by atoms with Crippen LogP contribution >= 0.6 is 22.9 Å². The molecule has 1 aromatic heterocycles. The molecule has 2 atom stereocenters. The topological polar surface area (TPSA) is 67.9 Å². The first-order chi connectivity index (χ1) is 15.5. The van der Waals surface area contributed by atoms with Gasteiger partial charge >= 0.3 is 0 Å². The molecule has 1 N–H and O–H groups in total. The summed E-state index contributed by atoms with van der Waals surface area (Å²) in [5, 5.41) is 5.28. The zero-order chi connectivity index (χ0) is 22.7. The van der Waals surface area contributed by atoms with Crippen LogP contribution in [0.15, 0.2) is 60.0 Å². The predicted octanol–water partition coefficient (Wildman–Crippen LogP) is 4.98. The molecule has 6 nitrogen and oxygen atoms in total. The van der Waals surface area contributed by atoms with Crippen molar-refractivity contribution in [3.8, 4) is 5.75 Å². The maximum absolute atomic E-state index is 13.7. The van der Waals surface area contributed by atoms with Crippen molar-refractivity contribution in [3.05, 3.63) is 81.0 Å². The van der Waals surface area contributed by atoms with Crippen LogP contribution in [0, 0.1) is 0 Å². The highest BCUT2D eigenvalue weighted by Gasteiger charge is 2.45. The standard InChI is InChI=1S/C24H23ClN2O4S/c1-30-12-11-27-22(19-10-5-13-32-19)21(17-8-4-9-18(25)20(17)24(27)29)23(28)26-15-6-3-7-16(14-15)31-2/h3-10,13-14,21-22H,11-12H2,1-2H3,(H,26,28). The summed E-state index contributed by atoms with van der Waals surface area (Å²) in [6.07, 6.45) is 0. The fraction of sp³-hybridized carbons (Fsp3) is 0.250. The second kappa shape index (κ2) is 9.73. The Labute approximate surface area is 195 Å². The molecule has 0 fully saturated rings. The molecule has 0 radical (unpaired) electrons. The molecule has 4 rings (SSSR count). The number of hydrogen-bond donors (Lipinski definition) is 1. The number of fused-ring (bicyclic) bond motifs is 1. The molecule has 32 heavy (non-hydrogen) atoms. The van der Waals surface area contributed by atoms with Crippen molar-refractivity contribution in [2.45, 2.75) is 12.0 Å². The van der Waals surface area contributed by atoms with Gasteiger partial charge < -0.3 is 19.7 Å². The molecule has 2 unspecified atom stereocenters. The number of carbonyl (C=O) groups is 2. The Hall–Kier alpha value is -2.87. The second-order valence-electron chi connectivity index (χ2n) is 7.35. The molecule has 2 amide bonds. The zero-order valence-electron chi connectivity index (χ0n) is 17.7. The van der Waals surface area contributed by atoms with Gasteiger partial charge in [0.2, 0.25) is 5.91 Å². The summed E-state index contributed by atoms with van der Waals surface area (Å²) < 4.78 is 10.5. The van der Waals surface area contributed by atoms with Crippen molar-refractivity contribution >= 4 is 40.4 Å². The van der Waals surface area contributed by atoms with Gasteiger partial charge in [-0.05, 0) is 35.2 Å². The van der Waals surface area contributed by atoms with Gasteiger partial charge in [-0.15, -0.1) is 11.3 Å². The van der Waals surface area contributed by atoms with E-state index in [1.165, 1.54) is 11.3 Å². The highest BCUT2D eigenvalue weighted by Crippen LogP contribution is 2.46. The first-order valence-corrected chi connectivity index (χ1v) is 11.4. The molecule has 0 saturated heterocycles. The summed E-state index contributed by atoms with van der Waals surface area (Å²) in [6.45, 7) is 0.684. The van der Waals surface area contributed by atoms with Gasteiger partial charge in [-0.1, -0.05) is 35.9 Å². The van der Waals surface area contributed by atoms with E-state index in [0.717, 1.165) is 4.88 Å². The quantitative estimate of drug-likeness (QED) is 0.529. The van der Waals surface area contributed by atoms with Gasteiger partial charge in [0.1, 0.15) is 5.75 Å². The fourth-order valence-electron chi connectivity index (χ4n) is 4.06. The second-order valence-corrected chi connectivity index (χ2v) is 8.74. The number of ether oxygens (including phenoxy) is 2. The Bertz CT molecular complexity index is 1120. The average Bonchev–Trinajstić information content (AvgIpc) is 3.32. The minimum Gasteiger partial charge on any atom is -0.497 e. The minimum absolute atomic E-state index is 0.202. The van der Waals surface area contributed by atoms with E-state index in [0.29, 0.717) is 40.7 Å². The summed E-state index contributed by atoms with van der Waals surface area (Å²) >= 11 is 7.97. The lowest BCUT2D eigenvalue weighted by molar-refractivity contribution is -0.119. The molecule has 166 valence electrons. The third-order valence-corrected chi connectivity index (χ3v) is 6.76. The molecule has 2 aromatic carbocycles. The third-order valence-electron chi connectivity index (χ3n) is 5.50. The van der Waals surface area contributed by atoms with Gasteiger partial charge in [-0.3, -0.25) is 9.59 Å². The zero-order valence-corrected chi connectivity index (χ0v) is 19.3. The molecule has 3 aromatic rings. The van der Waals surface area contributed by atoms with E-state index in [4.69, 9.17) is 21.1 Å². The van der Waals surface area contributed by atoms with Gasteiger partial charge in [0, 0.05) is 30.3 Å². The number of amides is 2. The number of methoxy groups -OCH3 is 2. The van der Waals surface area contributed by atoms with Crippen molar-refractivity contribution in [1.82, 2.24) is 4.90 Å². The monoisotopic (exact) mass is 470 g/mol. The van der Waals surface area contributed by atoms with E-state index < -0.39 is 12.0 Å². The first kappa shape index (κ1) is 22.3. The smallest absolute Gasteiger partial charge is 0.256 e. The van der Waals surface area contributed by atoms with Gasteiger partial charge in [0.25, 0.3) is 5.91 Å². The van der Waals surface area contributed by atoms with Gasteiger partial charge in [-0.25, -0.2) is 0 Å². The molecular formula is C24H23ClN2O4S. The lowest BCUT2D eigenvalue weighted by atomic mass is 9.81. The van der Waals surface area contributed by atoms with Crippen LogP contribution in [0.3, 0.4) is 0 Å². The summed E-state index contributed by atoms with van der Waals surface area (Å²) in [6, 6.07) is 15.8. The van der Waals surface area contributed by atoms with Crippen LogP contribution in [-0.4, -0.2) is 44.1 Å². The maximum atomic E-state index is 13.7. The van der Waals surface area contributed by atoms with Crippen molar-refractivity contribution in [3.63, 3.8) is 0 Å². The number of carbonyl (C=O) groups excluding carboxylic acids is 2. The molecular weight excluding hydrogens is 448 g/mol. The highest BCUT2D eigenvalue weighted by atomic mass is 35.5. The van der Waals surface area contributed by atoms with Gasteiger partial charge in [0.15, 0.2) is 0 Å². The average molecular weight is 471 g/mol. The Kier molecular flexibility index (Phi) is 6.79. The van der Waals surface area contributed by atoms with Gasteiger partial charge in [-0.2, -0.15) is 0 Å². The third kappa shape index (κ3) is 4.24. The SMILES string of the molecule is COCCN1C(=O)c2c(Cl)cccc2C(C(=O)Nc2cccc(OC)c2)C1c1cccs1. The van der Waals surface area contributed by atoms with Crippen LogP contribution in [-0.2, 0) is 9.53 Å². The Morgan fingerprint density at radius 1 is 1.16 bits per heavy atom. The summed E-state index contributed by atoms with van der Waals surface area (Å²) in [4.78, 5) is 29.8. The lowest BCUT2D eigenvalue weighted by Gasteiger charge is -2.41. The summed E-state index contributed by atoms with van der Waals surface area (Å²) in [5.41, 5.74) is 1.60. The largest absolute Gasteiger partial charge is 0.497 e. The maximum Gasteiger partial charge on any atom is 0.256 e. The van der Waals surface area contributed by atoms with Gasteiger partial charge in [0.05, 0.1) is 36.3 Å². The van der Waals surface area contributed by atoms with E-state index in [1.807, 2.05) is 35.7 Å². The molecule has 1 aliphatic rings. The number of hydrogen-bond acceptors (Lipinski definition) is 5. The van der Waals surface area contributed by atoms with Crippen molar-refractivity contribution < 1.29 is 19.1 Å². The normalized spacial score (nSPS) is 17.7. The lowest BCUT2D eigenvalue weighted by Crippen LogP contribution is -2.47. The summed E-state index contributed by atoms with van der Waals surface area (Å²) in [7, 11) is 3.16. The Balaban J connectivity index is 1.82. The number of rotatable bonds is 7. The molecule has 0 aliphatic carbocycles. The van der Waals surface area contributed by atoms with E-state index in [-0.39, 0.29) is 11.8 Å². The van der Waals surface area contributed by atoms with Crippen LogP contribution in [0.5, 0.6) is 5.75 Å². The van der Waals surface area contributed by atoms with Crippen LogP contribution in [0.2, 0.25) is 5.02 Å². The number of anilines is 1. The molecule has 0 spiro atoms. The van der Waals surface area contributed by atoms with Crippen LogP contribution in [0.1, 0.15) is 32.8 Å². The number of halogens is 1. The summed E-state index contributed by atoms with van der Waals surface area (Å²) in [5.74, 6) is -0.439. The van der Waals surface area contributed by atoms with Crippen LogP contribution in [0.4, 0.5) is 5.69 Å². The molecule has 8 heteroatoms. The first-order valence-electron chi connectivity index (χ1n) is 10.1. The van der Waals surface area contributed by atoms with Crippen molar-refractivity contribution in [2.24, 2.45) is 0 Å². The van der Waals surface area contributed by atoms with E-state index in [2.05, 4.69) is 5.32 Å². The number of thiophene rings is 1. The highest BCUT2D eigenvalue weighted by molar-refractivity contribution is 7.10. The van der Waals surface area contributed by atoms with Crippen molar-refractivity contribution in [1.29, 1.82) is 0 Å². The Morgan fingerprint density at radius 2 is 1.97 bits per heavy atom. The van der Waals surface area contributed by atoms with E-state index in [9.17, 15) is 9.59 Å². The Morgan fingerprint density at radius 3 is 2.69 bits per heavy atom. The van der Waals surface area contributed by atoms with Crippen LogP contribution < -0.4 is 10.1 Å². The minimum atomic E-state index is -0.650. The number of nitrogens with one attached hydrogen (secondary N) is 1. The molecule has 0 bridgehead atoms. The fourth-order valence-corrected chi connectivity index (χ4v) is 5.20. The predicted molar refractivity (Wildman–Crippen MR) is 126 cm³/mol. The number of benzene rings is 2. The molecule has 2 heterocycles. The molecule has 1 aliphatic heterocycles. The molecule has 0 saturated carbocycles. The van der Waals surface area contributed by atoms with E-state index >= 15 is 0 Å². The van der Waals surface area contributed by atoms with Crippen LogP contribution in [0.25, 0.3) is 0 Å². The van der Waals surface area contributed by atoms with Crippen molar-refractivity contribution in [2.75, 3.05) is 32.7 Å².